The lowest BCUT2D eigenvalue weighted by Gasteiger charge is -2.46. The van der Waals surface area contributed by atoms with Crippen molar-refractivity contribution in [1.29, 1.82) is 5.26 Å². The Balaban J connectivity index is 0.000000224. The number of rotatable bonds is 13. The van der Waals surface area contributed by atoms with Gasteiger partial charge >= 0.3 is 12.2 Å². The molecule has 0 saturated heterocycles. The molecule has 4 heterocycles. The van der Waals surface area contributed by atoms with Gasteiger partial charge in [0.05, 0.1) is 48.1 Å². The van der Waals surface area contributed by atoms with Crippen LogP contribution in [0.5, 0.6) is 11.5 Å². The first-order valence-corrected chi connectivity index (χ1v) is 23.9. The Morgan fingerprint density at radius 3 is 1.39 bits per heavy atom. The molecule has 0 unspecified atom stereocenters. The van der Waals surface area contributed by atoms with Crippen LogP contribution in [0.4, 0.5) is 47.6 Å². The highest BCUT2D eigenvalue weighted by Crippen LogP contribution is 2.48. The van der Waals surface area contributed by atoms with Crippen LogP contribution in [0, 0.1) is 34.6 Å². The third kappa shape index (κ3) is 12.6. The number of nitriles is 1. The normalized spacial score (nSPS) is 18.7. The van der Waals surface area contributed by atoms with E-state index >= 15 is 0 Å². The van der Waals surface area contributed by atoms with Gasteiger partial charge in [-0.05, 0) is 128 Å². The van der Waals surface area contributed by atoms with Crippen LogP contribution in [0.3, 0.4) is 0 Å². The minimum atomic E-state index is -1.20. The van der Waals surface area contributed by atoms with Crippen molar-refractivity contribution >= 4 is 29.7 Å². The summed E-state index contributed by atoms with van der Waals surface area (Å²) in [6.45, 7) is 9.73. The Morgan fingerprint density at radius 1 is 0.636 bits per heavy atom. The molecule has 404 valence electrons. The highest BCUT2D eigenvalue weighted by atomic mass is 19.2. The van der Waals surface area contributed by atoms with Gasteiger partial charge in [-0.15, -0.1) is 20.4 Å². The van der Waals surface area contributed by atoms with Crippen LogP contribution >= 0.6 is 0 Å². The van der Waals surface area contributed by atoms with E-state index in [-0.39, 0.29) is 107 Å². The fourth-order valence-electron chi connectivity index (χ4n) is 8.99. The summed E-state index contributed by atoms with van der Waals surface area (Å²) in [4.78, 5) is 48.9. The van der Waals surface area contributed by atoms with Crippen LogP contribution in [0.2, 0.25) is 0 Å². The largest absolute Gasteiger partial charge is 0.496 e. The molecular formula is C54H54F6N10O7. The molecule has 6 aromatic rings. The van der Waals surface area contributed by atoms with Gasteiger partial charge in [0.25, 0.3) is 5.91 Å². The number of carbonyl (C=O) groups excluding carboxylic acids is 3. The van der Waals surface area contributed by atoms with Crippen molar-refractivity contribution in [2.45, 2.75) is 102 Å². The lowest BCUT2D eigenvalue weighted by molar-refractivity contribution is 0.0501. The smallest absolute Gasteiger partial charge is 0.416 e. The zero-order chi connectivity index (χ0) is 56.2. The predicted octanol–water partition coefficient (Wildman–Crippen LogP) is 10.2. The van der Waals surface area contributed by atoms with Gasteiger partial charge < -0.3 is 24.7 Å². The van der Waals surface area contributed by atoms with Crippen molar-refractivity contribution in [2.75, 3.05) is 37.1 Å². The number of anilines is 2. The Bertz CT molecular complexity index is 3190. The SMILES string of the molecule is COc1cc(F)c(-c2ccc(N(CC3(c4ncccc4F)CC(F)C3)C(=O)OC(C)(C)C)nn2)cc1C#N.COc1cc(F)c(-c2ccc(N(CC3(c4ncccc4F)CC(F)C3)C(=O)OC(C)(C)C)nn2)cc1C(N)=O. The van der Waals surface area contributed by atoms with E-state index in [1.807, 2.05) is 6.07 Å². The maximum Gasteiger partial charge on any atom is 0.416 e. The zero-order valence-electron chi connectivity index (χ0n) is 43.2. The first-order valence-electron chi connectivity index (χ1n) is 23.9. The van der Waals surface area contributed by atoms with Crippen LogP contribution in [0.1, 0.15) is 94.5 Å². The van der Waals surface area contributed by atoms with Crippen LogP contribution in [-0.4, -0.2) is 99.3 Å². The number of pyridine rings is 2. The number of aromatic nitrogens is 6. The molecule has 0 bridgehead atoms. The Morgan fingerprint density at radius 2 is 1.05 bits per heavy atom. The van der Waals surface area contributed by atoms with Crippen molar-refractivity contribution < 1.29 is 59.7 Å². The average molecular weight is 1070 g/mol. The highest BCUT2D eigenvalue weighted by Gasteiger charge is 2.52. The molecule has 2 saturated carbocycles. The molecule has 2 fully saturated rings. The van der Waals surface area contributed by atoms with Gasteiger partial charge in [-0.3, -0.25) is 24.6 Å². The average Bonchev–Trinajstić information content (AvgIpc) is 3.38. The molecule has 2 aliphatic rings. The topological polar surface area (TPSA) is 222 Å². The number of benzene rings is 2. The van der Waals surface area contributed by atoms with Crippen LogP contribution < -0.4 is 25.0 Å². The number of halogens is 6. The number of ether oxygens (including phenoxy) is 4. The molecule has 2 aliphatic carbocycles. The minimum absolute atomic E-state index is 0.00932. The molecular weight excluding hydrogens is 1010 g/mol. The van der Waals surface area contributed by atoms with Gasteiger partial charge in [0, 0.05) is 59.6 Å². The quantitative estimate of drug-likeness (QED) is 0.106. The molecule has 17 nitrogen and oxygen atoms in total. The second-order valence-corrected chi connectivity index (χ2v) is 20.5. The molecule has 23 heteroatoms. The molecule has 77 heavy (non-hydrogen) atoms. The Hall–Kier alpha value is -8.42. The van der Waals surface area contributed by atoms with E-state index in [0.717, 1.165) is 21.9 Å². The molecule has 0 aliphatic heterocycles. The van der Waals surface area contributed by atoms with Crippen LogP contribution in [-0.2, 0) is 20.3 Å². The maximum absolute atomic E-state index is 14.8. The fourth-order valence-corrected chi connectivity index (χ4v) is 8.99. The van der Waals surface area contributed by atoms with Gasteiger partial charge in [0.1, 0.15) is 64.4 Å². The number of hydrogen-bond acceptors (Lipinski definition) is 14. The number of primary amides is 1. The van der Waals surface area contributed by atoms with E-state index in [4.69, 9.17) is 24.7 Å². The summed E-state index contributed by atoms with van der Waals surface area (Å²) < 4.78 is 109. The zero-order valence-corrected chi connectivity index (χ0v) is 43.2. The van der Waals surface area contributed by atoms with Gasteiger partial charge in [0.2, 0.25) is 0 Å². The maximum atomic E-state index is 14.8. The number of alkyl halides is 2. The summed E-state index contributed by atoms with van der Waals surface area (Å²) in [6, 6.07) is 17.5. The van der Waals surface area contributed by atoms with E-state index in [9.17, 15) is 46.0 Å². The van der Waals surface area contributed by atoms with Gasteiger partial charge in [-0.25, -0.2) is 35.9 Å². The fraction of sp³-hybridized carbons (Fsp3) is 0.370. The highest BCUT2D eigenvalue weighted by molar-refractivity contribution is 5.97. The van der Waals surface area contributed by atoms with E-state index in [2.05, 4.69) is 30.4 Å². The summed E-state index contributed by atoms with van der Waals surface area (Å²) in [5, 5.41) is 25.7. The molecule has 4 aromatic heterocycles. The summed E-state index contributed by atoms with van der Waals surface area (Å²) in [5.74, 6) is -3.38. The predicted molar refractivity (Wildman–Crippen MR) is 268 cm³/mol. The standard InChI is InChI=1S/C27H28F3N5O4.C27H26F3N5O3/c1-26(2,3)39-25(37)35(14-27(12-15(28)13-27)23-18(29)6-5-9-32-23)22-8-7-20(33-34-22)16-10-17(24(31)36)21(38-4)11-19(16)30;1-26(2,3)38-25(36)35(15-27(12-17(28)13-27)24-19(29)6-5-9-32-24)23-8-7-21(33-34-23)18-10-16(14-31)22(37-4)11-20(18)30/h5-11,15H,12-14H2,1-4H3,(H2,31,36);5-11,17H,12-13,15H2,1-4H3. The van der Waals surface area contributed by atoms with E-state index < -0.39 is 75.7 Å². The van der Waals surface area contributed by atoms with Crippen LogP contribution in [0.15, 0.2) is 85.2 Å². The van der Waals surface area contributed by atoms with Crippen molar-refractivity contribution in [3.05, 3.63) is 131 Å². The number of carbonyl (C=O) groups is 3. The van der Waals surface area contributed by atoms with Crippen LogP contribution in [0.25, 0.3) is 22.5 Å². The van der Waals surface area contributed by atoms with Gasteiger partial charge in [0.15, 0.2) is 11.6 Å². The van der Waals surface area contributed by atoms with Crippen molar-refractivity contribution in [1.82, 2.24) is 30.4 Å². The van der Waals surface area contributed by atoms with Crippen molar-refractivity contribution in [3.63, 3.8) is 0 Å². The summed E-state index contributed by atoms with van der Waals surface area (Å²) >= 11 is 0. The summed E-state index contributed by atoms with van der Waals surface area (Å²) in [7, 11) is 2.60. The molecule has 0 spiro atoms. The molecule has 2 N–H and O–H groups in total. The van der Waals surface area contributed by atoms with E-state index in [1.54, 1.807) is 41.5 Å². The van der Waals surface area contributed by atoms with E-state index in [1.165, 1.54) is 87.3 Å². The van der Waals surface area contributed by atoms with Gasteiger partial charge in [-0.1, -0.05) is 0 Å². The minimum Gasteiger partial charge on any atom is -0.496 e. The first-order chi connectivity index (χ1) is 36.3. The van der Waals surface area contributed by atoms with Gasteiger partial charge in [-0.2, -0.15) is 5.26 Å². The van der Waals surface area contributed by atoms with E-state index in [0.29, 0.717) is 0 Å². The van der Waals surface area contributed by atoms with Crippen molar-refractivity contribution in [3.8, 4) is 40.1 Å². The Kier molecular flexibility index (Phi) is 16.4. The third-order valence-electron chi connectivity index (χ3n) is 12.5. The van der Waals surface area contributed by atoms with Crippen molar-refractivity contribution in [2.24, 2.45) is 5.73 Å². The summed E-state index contributed by atoms with van der Waals surface area (Å²) in [5.41, 5.74) is 1.64. The number of nitrogens with zero attached hydrogens (tertiary/aromatic N) is 9. The molecule has 0 atom stereocenters. The third-order valence-corrected chi connectivity index (χ3v) is 12.5. The Labute approximate surface area is 439 Å². The second kappa shape index (κ2) is 22.4. The lowest BCUT2D eigenvalue weighted by Crippen LogP contribution is -2.54. The monoisotopic (exact) mass is 1070 g/mol. The molecule has 8 rings (SSSR count). The lowest BCUT2D eigenvalue weighted by atomic mass is 9.64. The molecule has 0 radical (unpaired) electrons. The number of methoxy groups -OCH3 is 2. The summed E-state index contributed by atoms with van der Waals surface area (Å²) in [6.07, 6.45) is -1.36. The molecule has 3 amide bonds. The second-order valence-electron chi connectivity index (χ2n) is 20.5. The number of amides is 3. The molecule has 2 aromatic carbocycles. The first kappa shape index (κ1) is 56.3. The number of nitrogens with two attached hydrogens (primary N) is 1. The number of hydrogen-bond donors (Lipinski definition) is 1.